The molecule has 0 spiro atoms. The molecular weight excluding hydrogens is 168 g/mol. The lowest BCUT2D eigenvalue weighted by molar-refractivity contribution is 0.00287. The Morgan fingerprint density at radius 2 is 2.23 bits per heavy atom. The molecule has 1 fully saturated rings. The molecule has 76 valence electrons. The Hall–Kier alpha value is -0.770. The SMILES string of the molecule is CC(N)[C@H]1C[C@@H](NC(=O)O)C1(C)C. The van der Waals surface area contributed by atoms with E-state index in [0.717, 1.165) is 6.42 Å². The smallest absolute Gasteiger partial charge is 0.404 e. The van der Waals surface area contributed by atoms with Crippen molar-refractivity contribution in [2.75, 3.05) is 0 Å². The van der Waals surface area contributed by atoms with Gasteiger partial charge in [-0.25, -0.2) is 4.79 Å². The number of hydrogen-bond donors (Lipinski definition) is 3. The number of nitrogens with one attached hydrogen (secondary N) is 1. The third-order valence-electron chi connectivity index (χ3n) is 3.28. The van der Waals surface area contributed by atoms with Crippen LogP contribution in [-0.2, 0) is 0 Å². The van der Waals surface area contributed by atoms with Crippen LogP contribution < -0.4 is 11.1 Å². The maximum atomic E-state index is 10.4. The zero-order valence-corrected chi connectivity index (χ0v) is 8.37. The molecule has 0 aromatic rings. The molecule has 0 aliphatic heterocycles. The molecular formula is C9H18N2O2. The molecule has 0 bridgehead atoms. The van der Waals surface area contributed by atoms with Crippen LogP contribution >= 0.6 is 0 Å². The van der Waals surface area contributed by atoms with Crippen molar-refractivity contribution in [3.8, 4) is 0 Å². The maximum absolute atomic E-state index is 10.4. The molecule has 0 aromatic carbocycles. The Morgan fingerprint density at radius 3 is 2.54 bits per heavy atom. The first-order chi connectivity index (χ1) is 5.85. The Kier molecular flexibility index (Phi) is 2.52. The first kappa shape index (κ1) is 10.3. The molecule has 13 heavy (non-hydrogen) atoms. The minimum Gasteiger partial charge on any atom is -0.465 e. The van der Waals surface area contributed by atoms with Gasteiger partial charge in [-0.3, -0.25) is 0 Å². The van der Waals surface area contributed by atoms with Crippen molar-refractivity contribution in [3.63, 3.8) is 0 Å². The molecule has 0 saturated heterocycles. The normalized spacial score (nSPS) is 33.2. The Balaban J connectivity index is 2.54. The van der Waals surface area contributed by atoms with Crippen LogP contribution in [0.25, 0.3) is 0 Å². The van der Waals surface area contributed by atoms with Gasteiger partial charge in [-0.2, -0.15) is 0 Å². The summed E-state index contributed by atoms with van der Waals surface area (Å²) in [4.78, 5) is 10.4. The molecule has 3 atom stereocenters. The molecule has 1 aliphatic carbocycles. The van der Waals surface area contributed by atoms with Crippen LogP contribution in [0.3, 0.4) is 0 Å². The number of rotatable bonds is 2. The largest absolute Gasteiger partial charge is 0.465 e. The van der Waals surface area contributed by atoms with E-state index in [9.17, 15) is 4.79 Å². The van der Waals surface area contributed by atoms with E-state index in [1.54, 1.807) is 0 Å². The summed E-state index contributed by atoms with van der Waals surface area (Å²) >= 11 is 0. The predicted molar refractivity (Wildman–Crippen MR) is 50.5 cm³/mol. The maximum Gasteiger partial charge on any atom is 0.404 e. The van der Waals surface area contributed by atoms with E-state index >= 15 is 0 Å². The number of hydrogen-bond acceptors (Lipinski definition) is 2. The van der Waals surface area contributed by atoms with Crippen molar-refractivity contribution < 1.29 is 9.90 Å². The van der Waals surface area contributed by atoms with Gasteiger partial charge in [0.05, 0.1) is 0 Å². The van der Waals surface area contributed by atoms with Crippen LogP contribution in [-0.4, -0.2) is 23.3 Å². The minimum atomic E-state index is -0.943. The highest BCUT2D eigenvalue weighted by Crippen LogP contribution is 2.47. The first-order valence-electron chi connectivity index (χ1n) is 4.60. The lowest BCUT2D eigenvalue weighted by atomic mass is 9.56. The summed E-state index contributed by atoms with van der Waals surface area (Å²) in [5.41, 5.74) is 5.78. The fourth-order valence-corrected chi connectivity index (χ4v) is 2.25. The molecule has 1 aliphatic rings. The van der Waals surface area contributed by atoms with E-state index in [2.05, 4.69) is 19.2 Å². The molecule has 1 rings (SSSR count). The number of carbonyl (C=O) groups is 1. The van der Waals surface area contributed by atoms with Crippen molar-refractivity contribution in [2.45, 2.75) is 39.3 Å². The van der Waals surface area contributed by atoms with Gasteiger partial charge in [0.15, 0.2) is 0 Å². The summed E-state index contributed by atoms with van der Waals surface area (Å²) in [7, 11) is 0. The second-order valence-electron chi connectivity index (χ2n) is 4.52. The van der Waals surface area contributed by atoms with Crippen LogP contribution in [0.1, 0.15) is 27.2 Å². The molecule has 4 N–H and O–H groups in total. The standard InChI is InChI=1S/C9H18N2O2/c1-5(10)6-4-7(9(6,2)3)11-8(12)13/h5-7,11H,4,10H2,1-3H3,(H,12,13)/t5?,6-,7-/m1/s1. The number of carboxylic acid groups (broad SMARTS) is 1. The topological polar surface area (TPSA) is 75.3 Å². The summed E-state index contributed by atoms with van der Waals surface area (Å²) in [5.74, 6) is 0.421. The van der Waals surface area contributed by atoms with Gasteiger partial charge >= 0.3 is 6.09 Å². The summed E-state index contributed by atoms with van der Waals surface area (Å²) in [6.45, 7) is 6.10. The zero-order valence-electron chi connectivity index (χ0n) is 8.37. The molecule has 1 unspecified atom stereocenters. The van der Waals surface area contributed by atoms with Crippen molar-refractivity contribution in [1.82, 2.24) is 5.32 Å². The Labute approximate surface area is 78.5 Å². The van der Waals surface area contributed by atoms with E-state index in [1.165, 1.54) is 0 Å². The zero-order chi connectivity index (χ0) is 10.2. The fraction of sp³-hybridized carbons (Fsp3) is 0.889. The highest BCUT2D eigenvalue weighted by molar-refractivity contribution is 5.65. The van der Waals surface area contributed by atoms with Gasteiger partial charge in [0.1, 0.15) is 0 Å². The van der Waals surface area contributed by atoms with Gasteiger partial charge in [-0.1, -0.05) is 13.8 Å². The second-order valence-corrected chi connectivity index (χ2v) is 4.52. The highest BCUT2D eigenvalue weighted by Gasteiger charge is 2.50. The monoisotopic (exact) mass is 186 g/mol. The van der Waals surface area contributed by atoms with Crippen LogP contribution in [0.5, 0.6) is 0 Å². The van der Waals surface area contributed by atoms with Crippen molar-refractivity contribution in [3.05, 3.63) is 0 Å². The predicted octanol–water partition coefficient (Wildman–Crippen LogP) is 1.02. The third kappa shape index (κ3) is 1.77. The van der Waals surface area contributed by atoms with Crippen LogP contribution in [0.4, 0.5) is 4.79 Å². The minimum absolute atomic E-state index is 0.00738. The van der Waals surface area contributed by atoms with Crippen LogP contribution in [0.15, 0.2) is 0 Å². The number of amides is 1. The first-order valence-corrected chi connectivity index (χ1v) is 4.60. The van der Waals surface area contributed by atoms with Crippen LogP contribution in [0, 0.1) is 11.3 Å². The van der Waals surface area contributed by atoms with E-state index < -0.39 is 6.09 Å². The third-order valence-corrected chi connectivity index (χ3v) is 3.28. The van der Waals surface area contributed by atoms with Gasteiger partial charge < -0.3 is 16.2 Å². The van der Waals surface area contributed by atoms with E-state index in [1.807, 2.05) is 6.92 Å². The lowest BCUT2D eigenvalue weighted by Crippen LogP contribution is -2.62. The van der Waals surface area contributed by atoms with Gasteiger partial charge in [0, 0.05) is 12.1 Å². The van der Waals surface area contributed by atoms with Gasteiger partial charge in [-0.15, -0.1) is 0 Å². The summed E-state index contributed by atoms with van der Waals surface area (Å²) in [5, 5.41) is 11.1. The van der Waals surface area contributed by atoms with Crippen molar-refractivity contribution in [2.24, 2.45) is 17.1 Å². The summed E-state index contributed by atoms with van der Waals surface area (Å²) in [6.07, 6.45) is -0.0852. The van der Waals surface area contributed by atoms with Gasteiger partial charge in [0.2, 0.25) is 0 Å². The quantitative estimate of drug-likeness (QED) is 0.602. The summed E-state index contributed by atoms with van der Waals surface area (Å²) in [6, 6.07) is 0.197. The van der Waals surface area contributed by atoms with Crippen molar-refractivity contribution in [1.29, 1.82) is 0 Å². The van der Waals surface area contributed by atoms with E-state index in [0.29, 0.717) is 5.92 Å². The molecule has 0 aromatic heterocycles. The molecule has 1 amide bonds. The summed E-state index contributed by atoms with van der Waals surface area (Å²) < 4.78 is 0. The number of nitrogens with two attached hydrogens (primary N) is 1. The van der Waals surface area contributed by atoms with E-state index in [-0.39, 0.29) is 17.5 Å². The lowest BCUT2D eigenvalue weighted by Gasteiger charge is -2.53. The molecule has 0 radical (unpaired) electrons. The van der Waals surface area contributed by atoms with E-state index in [4.69, 9.17) is 10.8 Å². The molecule has 0 heterocycles. The van der Waals surface area contributed by atoms with Gasteiger partial charge in [0.25, 0.3) is 0 Å². The average molecular weight is 186 g/mol. The Bertz CT molecular complexity index is 214. The van der Waals surface area contributed by atoms with Crippen molar-refractivity contribution >= 4 is 6.09 Å². The molecule has 4 heteroatoms. The van der Waals surface area contributed by atoms with Crippen LogP contribution in [0.2, 0.25) is 0 Å². The fourth-order valence-electron chi connectivity index (χ4n) is 2.25. The Morgan fingerprint density at radius 1 is 1.69 bits per heavy atom. The molecule has 4 nitrogen and oxygen atoms in total. The highest BCUT2D eigenvalue weighted by atomic mass is 16.4. The van der Waals surface area contributed by atoms with Gasteiger partial charge in [-0.05, 0) is 24.7 Å². The average Bonchev–Trinajstić information content (AvgIpc) is 1.96. The second kappa shape index (κ2) is 3.18. The molecule has 1 saturated carbocycles.